The van der Waals surface area contributed by atoms with E-state index in [2.05, 4.69) is 0 Å². The molecule has 0 saturated heterocycles. The Morgan fingerprint density at radius 1 is 1.17 bits per heavy atom. The van der Waals surface area contributed by atoms with Gasteiger partial charge in [0.05, 0.1) is 12.4 Å². The van der Waals surface area contributed by atoms with Crippen molar-refractivity contribution >= 4 is 12.4 Å². The Morgan fingerprint density at radius 2 is 1.83 bits per heavy atom. The van der Waals surface area contributed by atoms with E-state index in [0.717, 1.165) is 43.9 Å². The monoisotopic (exact) mass is 261 g/mol. The molecular weight excluding hydrogens is 247 g/mol. The highest BCUT2D eigenvalue weighted by Crippen LogP contribution is 2.26. The second kappa shape index (κ2) is 5.20. The molecule has 0 aliphatic heterocycles. The van der Waals surface area contributed by atoms with Gasteiger partial charge in [-0.05, 0) is 24.8 Å². The van der Waals surface area contributed by atoms with Crippen molar-refractivity contribution < 1.29 is 22.1 Å². The van der Waals surface area contributed by atoms with E-state index >= 15 is 0 Å². The summed E-state index contributed by atoms with van der Waals surface area (Å²) in [6.07, 6.45) is 4.13. The molecule has 0 spiro atoms. The third-order valence-corrected chi connectivity index (χ3v) is 3.28. The van der Waals surface area contributed by atoms with Crippen molar-refractivity contribution in [2.24, 2.45) is 5.92 Å². The molecule has 1 aliphatic rings. The standard InChI is InChI=1S/C12H14BF4O/c14-10-5-6-11(13(15,16)17)12(7-10)18-8-9-3-1-2-4-9/h5-7,9H,1-4,8H2/q-1. The van der Waals surface area contributed by atoms with Gasteiger partial charge in [-0.2, -0.15) is 0 Å². The second-order valence-electron chi connectivity index (χ2n) is 4.72. The minimum absolute atomic E-state index is 0.239. The van der Waals surface area contributed by atoms with Crippen LogP contribution in [0.5, 0.6) is 5.75 Å². The molecule has 1 saturated carbocycles. The number of ether oxygens (including phenoxy) is 1. The van der Waals surface area contributed by atoms with E-state index in [1.165, 1.54) is 0 Å². The zero-order valence-electron chi connectivity index (χ0n) is 9.84. The summed E-state index contributed by atoms with van der Waals surface area (Å²) in [6, 6.07) is 2.38. The van der Waals surface area contributed by atoms with Crippen LogP contribution in [0.1, 0.15) is 25.7 Å². The first-order valence-electron chi connectivity index (χ1n) is 6.09. The van der Waals surface area contributed by atoms with Crippen LogP contribution < -0.4 is 10.2 Å². The first-order chi connectivity index (χ1) is 8.47. The molecule has 1 fully saturated rings. The van der Waals surface area contributed by atoms with Crippen LogP contribution in [0.4, 0.5) is 17.3 Å². The van der Waals surface area contributed by atoms with E-state index in [4.69, 9.17) is 4.74 Å². The van der Waals surface area contributed by atoms with Gasteiger partial charge in [-0.25, -0.2) is 4.39 Å². The molecular formula is C12H14BF4O-. The Balaban J connectivity index is 2.12. The SMILES string of the molecule is Fc1ccc([B-](F)(F)F)c(OCC2CCCC2)c1. The molecule has 1 nitrogen and oxygen atoms in total. The van der Waals surface area contributed by atoms with Gasteiger partial charge >= 0.3 is 6.98 Å². The summed E-state index contributed by atoms with van der Waals surface area (Å²) >= 11 is 0. The molecule has 0 aromatic heterocycles. The fourth-order valence-corrected chi connectivity index (χ4v) is 2.29. The van der Waals surface area contributed by atoms with Crippen molar-refractivity contribution in [2.45, 2.75) is 25.7 Å². The van der Waals surface area contributed by atoms with Crippen LogP contribution >= 0.6 is 0 Å². The van der Waals surface area contributed by atoms with E-state index in [-0.39, 0.29) is 12.4 Å². The Hall–Kier alpha value is -1.20. The number of halogens is 4. The molecule has 0 amide bonds. The maximum absolute atomic E-state index is 13.0. The van der Waals surface area contributed by atoms with Crippen molar-refractivity contribution in [2.75, 3.05) is 6.61 Å². The molecule has 0 N–H and O–H groups in total. The second-order valence-corrected chi connectivity index (χ2v) is 4.72. The van der Waals surface area contributed by atoms with Gasteiger partial charge in [0.15, 0.2) is 0 Å². The molecule has 0 radical (unpaired) electrons. The quantitative estimate of drug-likeness (QED) is 0.595. The van der Waals surface area contributed by atoms with Gasteiger partial charge in [0.25, 0.3) is 0 Å². The summed E-state index contributed by atoms with van der Waals surface area (Å²) in [5.41, 5.74) is -0.852. The fraction of sp³-hybridized carbons (Fsp3) is 0.500. The highest BCUT2D eigenvalue weighted by molar-refractivity contribution is 6.74. The van der Waals surface area contributed by atoms with Crippen molar-refractivity contribution in [3.63, 3.8) is 0 Å². The highest BCUT2D eigenvalue weighted by atomic mass is 19.4. The van der Waals surface area contributed by atoms with Crippen LogP contribution in [-0.2, 0) is 0 Å². The molecule has 0 heterocycles. The summed E-state index contributed by atoms with van der Waals surface area (Å²) < 4.78 is 56.4. The van der Waals surface area contributed by atoms with Gasteiger partial charge in [0.1, 0.15) is 5.82 Å². The summed E-state index contributed by atoms with van der Waals surface area (Å²) in [7, 11) is 0. The van der Waals surface area contributed by atoms with Gasteiger partial charge in [0.2, 0.25) is 0 Å². The molecule has 1 aromatic rings. The van der Waals surface area contributed by atoms with E-state index in [1.54, 1.807) is 0 Å². The van der Waals surface area contributed by atoms with Crippen LogP contribution in [0.25, 0.3) is 0 Å². The first-order valence-corrected chi connectivity index (χ1v) is 6.09. The maximum Gasteiger partial charge on any atom is 0.513 e. The third kappa shape index (κ3) is 3.18. The minimum Gasteiger partial charge on any atom is -0.496 e. The lowest BCUT2D eigenvalue weighted by Gasteiger charge is -2.21. The summed E-state index contributed by atoms with van der Waals surface area (Å²) in [6.45, 7) is -4.93. The topological polar surface area (TPSA) is 9.23 Å². The van der Waals surface area contributed by atoms with Crippen molar-refractivity contribution in [3.05, 3.63) is 24.0 Å². The van der Waals surface area contributed by atoms with Crippen LogP contribution in [0.2, 0.25) is 0 Å². The zero-order chi connectivity index (χ0) is 13.2. The van der Waals surface area contributed by atoms with Gasteiger partial charge in [-0.15, -0.1) is 0 Å². The van der Waals surface area contributed by atoms with Crippen LogP contribution in [-0.4, -0.2) is 13.6 Å². The first kappa shape index (κ1) is 13.2. The van der Waals surface area contributed by atoms with Gasteiger partial charge in [-0.1, -0.05) is 24.4 Å². The van der Waals surface area contributed by atoms with E-state index in [9.17, 15) is 17.3 Å². The van der Waals surface area contributed by atoms with Gasteiger partial charge in [0, 0.05) is 6.07 Å². The van der Waals surface area contributed by atoms with E-state index in [0.29, 0.717) is 5.92 Å². The molecule has 0 unspecified atom stereocenters. The van der Waals surface area contributed by atoms with Crippen molar-refractivity contribution in [1.29, 1.82) is 0 Å². The lowest BCUT2D eigenvalue weighted by Crippen LogP contribution is -2.35. The lowest BCUT2D eigenvalue weighted by atomic mass is 9.79. The lowest BCUT2D eigenvalue weighted by molar-refractivity contribution is 0.252. The Morgan fingerprint density at radius 3 is 2.44 bits per heavy atom. The third-order valence-electron chi connectivity index (χ3n) is 3.28. The number of rotatable bonds is 4. The average molecular weight is 261 g/mol. The van der Waals surface area contributed by atoms with Crippen LogP contribution in [0.3, 0.4) is 0 Å². The smallest absolute Gasteiger partial charge is 0.496 e. The fourth-order valence-electron chi connectivity index (χ4n) is 2.29. The largest absolute Gasteiger partial charge is 0.513 e. The normalized spacial score (nSPS) is 17.1. The molecule has 1 aromatic carbocycles. The Bertz CT molecular complexity index is 413. The highest BCUT2D eigenvalue weighted by Gasteiger charge is 2.30. The van der Waals surface area contributed by atoms with Crippen molar-refractivity contribution in [1.82, 2.24) is 0 Å². The van der Waals surface area contributed by atoms with Crippen LogP contribution in [0.15, 0.2) is 18.2 Å². The Labute approximate surface area is 103 Å². The molecule has 100 valence electrons. The molecule has 6 heteroatoms. The van der Waals surface area contributed by atoms with E-state index in [1.807, 2.05) is 0 Å². The predicted molar refractivity (Wildman–Crippen MR) is 62.6 cm³/mol. The van der Waals surface area contributed by atoms with Crippen molar-refractivity contribution in [3.8, 4) is 5.75 Å². The summed E-state index contributed by atoms with van der Waals surface area (Å²) in [5, 5.41) is 0. The summed E-state index contributed by atoms with van der Waals surface area (Å²) in [5.74, 6) is -0.795. The van der Waals surface area contributed by atoms with E-state index < -0.39 is 18.3 Å². The number of hydrogen-bond donors (Lipinski definition) is 0. The molecule has 18 heavy (non-hydrogen) atoms. The zero-order valence-corrected chi connectivity index (χ0v) is 9.84. The molecule has 0 atom stereocenters. The Kier molecular flexibility index (Phi) is 3.83. The molecule has 1 aliphatic carbocycles. The number of hydrogen-bond acceptors (Lipinski definition) is 1. The van der Waals surface area contributed by atoms with Gasteiger partial charge in [-0.3, -0.25) is 0 Å². The average Bonchev–Trinajstić information content (AvgIpc) is 2.77. The molecule has 2 rings (SSSR count). The minimum atomic E-state index is -5.17. The predicted octanol–water partition coefficient (Wildman–Crippen LogP) is 3.45. The van der Waals surface area contributed by atoms with Gasteiger partial charge < -0.3 is 17.7 Å². The number of benzene rings is 1. The van der Waals surface area contributed by atoms with Crippen LogP contribution in [0, 0.1) is 11.7 Å². The summed E-state index contributed by atoms with van der Waals surface area (Å²) in [4.78, 5) is 0. The maximum atomic E-state index is 13.0. The molecule has 0 bridgehead atoms.